The van der Waals surface area contributed by atoms with Gasteiger partial charge in [-0.3, -0.25) is 9.59 Å². The number of hydrogen-bond donors (Lipinski definition) is 2. The van der Waals surface area contributed by atoms with Gasteiger partial charge >= 0.3 is 0 Å². The third-order valence-corrected chi connectivity index (χ3v) is 6.72. The van der Waals surface area contributed by atoms with E-state index in [4.69, 9.17) is 10.5 Å². The summed E-state index contributed by atoms with van der Waals surface area (Å²) in [4.78, 5) is 23.5. The molecule has 0 bridgehead atoms. The van der Waals surface area contributed by atoms with E-state index in [1.165, 1.54) is 0 Å². The number of Topliss-reactive ketones (excluding diaryl/α,β-unsaturated/α-hetero) is 1. The van der Waals surface area contributed by atoms with Crippen LogP contribution in [0.2, 0.25) is 0 Å². The molecule has 0 unspecified atom stereocenters. The van der Waals surface area contributed by atoms with Crippen LogP contribution in [0.1, 0.15) is 67.9 Å². The number of nitrogens with two attached hydrogens (primary N) is 1. The van der Waals surface area contributed by atoms with Gasteiger partial charge in [-0.25, -0.2) is 0 Å². The summed E-state index contributed by atoms with van der Waals surface area (Å²) >= 11 is 3.39. The Morgan fingerprint density at radius 1 is 1.16 bits per heavy atom. The van der Waals surface area contributed by atoms with Gasteiger partial charge < -0.3 is 15.8 Å². The molecule has 1 aliphatic rings. The molecule has 1 saturated carbocycles. The van der Waals surface area contributed by atoms with Gasteiger partial charge in [0.05, 0.1) is 7.11 Å². The number of hydrogen-bond acceptors (Lipinski definition) is 4. The molecule has 1 fully saturated rings. The van der Waals surface area contributed by atoms with Gasteiger partial charge in [0, 0.05) is 33.4 Å². The highest BCUT2D eigenvalue weighted by atomic mass is 79.9. The maximum absolute atomic E-state index is 12.2. The minimum Gasteiger partial charge on any atom is -0.496 e. The number of methoxy groups -OCH3 is 1. The van der Waals surface area contributed by atoms with Crippen LogP contribution in [0, 0.1) is 18.8 Å². The zero-order chi connectivity index (χ0) is 23.8. The number of carbonyl (C=O) groups excluding carboxylic acids is 2. The first-order valence-electron chi connectivity index (χ1n) is 11.2. The molecule has 32 heavy (non-hydrogen) atoms. The Morgan fingerprint density at radius 3 is 2.38 bits per heavy atom. The lowest BCUT2D eigenvalue weighted by atomic mass is 9.82. The number of benzene rings is 2. The van der Waals surface area contributed by atoms with Crippen molar-refractivity contribution in [2.75, 3.05) is 18.2 Å². The number of aryl methyl sites for hydroxylation is 1. The van der Waals surface area contributed by atoms with Crippen molar-refractivity contribution in [1.29, 1.82) is 0 Å². The van der Waals surface area contributed by atoms with Crippen LogP contribution in [0.25, 0.3) is 0 Å². The lowest BCUT2D eigenvalue weighted by Gasteiger charge is -2.25. The van der Waals surface area contributed by atoms with Gasteiger partial charge in [0.2, 0.25) is 5.91 Å². The summed E-state index contributed by atoms with van der Waals surface area (Å²) in [6.07, 6.45) is 5.17. The van der Waals surface area contributed by atoms with E-state index in [2.05, 4.69) is 28.2 Å². The van der Waals surface area contributed by atoms with Crippen LogP contribution < -0.4 is 15.8 Å². The molecule has 0 atom stereocenters. The monoisotopic (exact) mass is 502 g/mol. The van der Waals surface area contributed by atoms with E-state index < -0.39 is 0 Å². The van der Waals surface area contributed by atoms with E-state index in [0.717, 1.165) is 70.6 Å². The van der Waals surface area contributed by atoms with Gasteiger partial charge in [-0.2, -0.15) is 0 Å². The van der Waals surface area contributed by atoms with Gasteiger partial charge in [-0.05, 0) is 81.2 Å². The van der Waals surface area contributed by atoms with Crippen molar-refractivity contribution in [1.82, 2.24) is 0 Å². The fourth-order valence-electron chi connectivity index (χ4n) is 4.00. The first-order chi connectivity index (χ1) is 15.2. The van der Waals surface area contributed by atoms with Crippen molar-refractivity contribution >= 4 is 39.0 Å². The number of amides is 1. The minimum atomic E-state index is 0.0600. The van der Waals surface area contributed by atoms with Crippen LogP contribution in [0.5, 0.6) is 5.75 Å². The Labute approximate surface area is 200 Å². The van der Waals surface area contributed by atoms with Crippen molar-refractivity contribution < 1.29 is 14.3 Å². The van der Waals surface area contributed by atoms with E-state index in [-0.39, 0.29) is 17.6 Å². The topological polar surface area (TPSA) is 81.4 Å². The smallest absolute Gasteiger partial charge is 0.227 e. The summed E-state index contributed by atoms with van der Waals surface area (Å²) in [5.74, 6) is 1.96. The van der Waals surface area contributed by atoms with Crippen LogP contribution in [0.15, 0.2) is 34.8 Å². The molecule has 0 spiro atoms. The third-order valence-electron chi connectivity index (χ3n) is 6.01. The highest BCUT2D eigenvalue weighted by Crippen LogP contribution is 2.30. The summed E-state index contributed by atoms with van der Waals surface area (Å²) in [5.41, 5.74) is 9.91. The number of ketones is 1. The summed E-state index contributed by atoms with van der Waals surface area (Å²) in [6, 6.07) is 9.34. The highest BCUT2D eigenvalue weighted by molar-refractivity contribution is 9.10. The molecule has 1 aliphatic carbocycles. The van der Waals surface area contributed by atoms with Crippen LogP contribution in [-0.2, 0) is 11.2 Å². The quantitative estimate of drug-likeness (QED) is 0.358. The standard InChI is InChI=1S/C16H23NO2.C10H12BrNO/c1-11-4-7-13(8-5-11)16(18)17-14-9-6-12(2)15(10-14)19-3;1-3-8-9(6(2)13)4-7(12)5-10(8)11/h6,9-11,13H,4-5,7-8H2,1-3H3,(H,17,18);4-5H,3,12H2,1-2H3. The van der Waals surface area contributed by atoms with E-state index in [9.17, 15) is 9.59 Å². The summed E-state index contributed by atoms with van der Waals surface area (Å²) in [7, 11) is 1.65. The van der Waals surface area contributed by atoms with Gasteiger partial charge in [0.1, 0.15) is 5.75 Å². The number of anilines is 2. The zero-order valence-corrected chi connectivity index (χ0v) is 21.3. The zero-order valence-electron chi connectivity index (χ0n) is 19.8. The number of halogens is 1. The van der Waals surface area contributed by atoms with Crippen LogP contribution in [-0.4, -0.2) is 18.8 Å². The fourth-order valence-corrected chi connectivity index (χ4v) is 4.75. The Kier molecular flexibility index (Phi) is 9.76. The number of ether oxygens (including phenoxy) is 1. The normalized spacial score (nSPS) is 17.7. The SMILES string of the molecule is CCc1c(Br)cc(N)cc1C(C)=O.COc1cc(NC(=O)C2CCC(C)CC2)ccc1C. The van der Waals surface area contributed by atoms with Gasteiger partial charge in [0.25, 0.3) is 0 Å². The minimum absolute atomic E-state index is 0.0600. The molecule has 2 aromatic carbocycles. The predicted octanol–water partition coefficient (Wildman–Crippen LogP) is 6.56. The number of carbonyl (C=O) groups is 2. The molecule has 6 heteroatoms. The van der Waals surface area contributed by atoms with Crippen LogP contribution >= 0.6 is 15.9 Å². The number of nitrogen functional groups attached to an aromatic ring is 1. The summed E-state index contributed by atoms with van der Waals surface area (Å²) in [6.45, 7) is 7.83. The van der Waals surface area contributed by atoms with Crippen molar-refractivity contribution in [2.45, 2.75) is 59.8 Å². The number of rotatable bonds is 5. The van der Waals surface area contributed by atoms with Gasteiger partial charge in [-0.1, -0.05) is 35.8 Å². The van der Waals surface area contributed by atoms with Crippen molar-refractivity contribution in [3.05, 3.63) is 51.5 Å². The predicted molar refractivity (Wildman–Crippen MR) is 135 cm³/mol. The Bertz CT molecular complexity index is 950. The molecule has 3 rings (SSSR count). The Morgan fingerprint density at radius 2 is 1.81 bits per heavy atom. The second-order valence-corrected chi connectivity index (χ2v) is 9.42. The molecule has 5 nitrogen and oxygen atoms in total. The molecule has 2 aromatic rings. The molecule has 1 amide bonds. The Hall–Kier alpha value is -2.34. The van der Waals surface area contributed by atoms with E-state index in [0.29, 0.717) is 5.69 Å². The number of nitrogens with one attached hydrogen (secondary N) is 1. The molecular weight excluding hydrogens is 468 g/mol. The molecule has 174 valence electrons. The van der Waals surface area contributed by atoms with Gasteiger partial charge in [-0.15, -0.1) is 0 Å². The maximum Gasteiger partial charge on any atom is 0.227 e. The molecule has 0 aromatic heterocycles. The average molecular weight is 503 g/mol. The molecule has 3 N–H and O–H groups in total. The van der Waals surface area contributed by atoms with Crippen molar-refractivity contribution in [3.8, 4) is 5.75 Å². The summed E-state index contributed by atoms with van der Waals surface area (Å²) < 4.78 is 6.19. The van der Waals surface area contributed by atoms with Crippen molar-refractivity contribution in [2.24, 2.45) is 11.8 Å². The maximum atomic E-state index is 12.2. The first kappa shape index (κ1) is 25.9. The fraction of sp³-hybridized carbons (Fsp3) is 0.462. The highest BCUT2D eigenvalue weighted by Gasteiger charge is 2.24. The van der Waals surface area contributed by atoms with E-state index >= 15 is 0 Å². The second kappa shape index (κ2) is 12.0. The first-order valence-corrected chi connectivity index (χ1v) is 12.0. The van der Waals surface area contributed by atoms with E-state index in [1.54, 1.807) is 20.1 Å². The third kappa shape index (κ3) is 7.09. The van der Waals surface area contributed by atoms with E-state index in [1.807, 2.05) is 38.1 Å². The van der Waals surface area contributed by atoms with Crippen LogP contribution in [0.3, 0.4) is 0 Å². The van der Waals surface area contributed by atoms with Crippen LogP contribution in [0.4, 0.5) is 11.4 Å². The molecule has 0 aliphatic heterocycles. The molecule has 0 radical (unpaired) electrons. The van der Waals surface area contributed by atoms with Gasteiger partial charge in [0.15, 0.2) is 5.78 Å². The second-order valence-electron chi connectivity index (χ2n) is 8.57. The van der Waals surface area contributed by atoms with Crippen molar-refractivity contribution in [3.63, 3.8) is 0 Å². The lowest BCUT2D eigenvalue weighted by Crippen LogP contribution is -2.26. The average Bonchev–Trinajstić information content (AvgIpc) is 2.75. The lowest BCUT2D eigenvalue weighted by molar-refractivity contribution is -0.121. The molecule has 0 heterocycles. The largest absolute Gasteiger partial charge is 0.496 e. The molecular formula is C26H35BrN2O3. The molecule has 0 saturated heterocycles. The Balaban J connectivity index is 0.000000244. The summed E-state index contributed by atoms with van der Waals surface area (Å²) in [5, 5.41) is 3.01.